The van der Waals surface area contributed by atoms with Gasteiger partial charge in [-0.25, -0.2) is 4.79 Å². The van der Waals surface area contributed by atoms with E-state index in [1.54, 1.807) is 18.2 Å². The molecular formula is C10H6BrNO3. The van der Waals surface area contributed by atoms with E-state index in [1.165, 1.54) is 0 Å². The highest BCUT2D eigenvalue weighted by atomic mass is 79.9. The van der Waals surface area contributed by atoms with Crippen LogP contribution in [-0.4, -0.2) is 22.6 Å². The van der Waals surface area contributed by atoms with Crippen molar-refractivity contribution < 1.29 is 14.7 Å². The van der Waals surface area contributed by atoms with Crippen molar-refractivity contribution in [3.63, 3.8) is 0 Å². The number of carboxylic acid groups (broad SMARTS) is 1. The van der Waals surface area contributed by atoms with Gasteiger partial charge in [0.2, 0.25) is 0 Å². The second-order valence-corrected chi connectivity index (χ2v) is 4.05. The summed E-state index contributed by atoms with van der Waals surface area (Å²) < 4.78 is 0.817. The molecule has 2 rings (SSSR count). The van der Waals surface area contributed by atoms with E-state index in [9.17, 15) is 9.59 Å². The second-order valence-electron chi connectivity index (χ2n) is 3.13. The number of allylic oxidation sites excluding steroid dienone is 4. The van der Waals surface area contributed by atoms with Gasteiger partial charge < -0.3 is 5.11 Å². The Kier molecular flexibility index (Phi) is 2.40. The van der Waals surface area contributed by atoms with Crippen molar-refractivity contribution >= 4 is 33.4 Å². The summed E-state index contributed by atoms with van der Waals surface area (Å²) in [4.78, 5) is 26.3. The highest BCUT2D eigenvalue weighted by molar-refractivity contribution is 9.11. The van der Waals surface area contributed by atoms with Gasteiger partial charge in [-0.15, -0.1) is 0 Å². The Hall–Kier alpha value is -1.49. The third-order valence-electron chi connectivity index (χ3n) is 2.17. The van der Waals surface area contributed by atoms with Crippen molar-refractivity contribution in [1.82, 2.24) is 0 Å². The number of Topliss-reactive ketones (excluding diaryl/α,β-unsaturated/α-hetero) is 1. The Morgan fingerprint density at radius 1 is 1.53 bits per heavy atom. The van der Waals surface area contributed by atoms with E-state index in [2.05, 4.69) is 20.9 Å². The number of hydrogen-bond donors (Lipinski definition) is 1. The van der Waals surface area contributed by atoms with E-state index >= 15 is 0 Å². The molecule has 0 aromatic heterocycles. The van der Waals surface area contributed by atoms with E-state index in [0.717, 1.165) is 10.7 Å². The van der Waals surface area contributed by atoms with Crippen molar-refractivity contribution in [2.75, 3.05) is 0 Å². The maximum absolute atomic E-state index is 11.7. The standard InChI is InChI=1S/C10H6BrNO3/c11-5-1-2-6-8(3-5)12-4-7(9(6)13)10(14)15/h1-4,6H,(H,14,15). The Bertz CT molecular complexity index is 471. The zero-order valence-corrected chi connectivity index (χ0v) is 9.06. The van der Waals surface area contributed by atoms with Crippen molar-refractivity contribution in [2.45, 2.75) is 0 Å². The van der Waals surface area contributed by atoms with E-state index in [4.69, 9.17) is 5.11 Å². The fourth-order valence-electron chi connectivity index (χ4n) is 1.44. The molecular weight excluding hydrogens is 262 g/mol. The van der Waals surface area contributed by atoms with Gasteiger partial charge in [-0.1, -0.05) is 28.1 Å². The SMILES string of the molecule is O=C(O)C1=CN=C2C=C(Br)C=CC2C1=O. The van der Waals surface area contributed by atoms with Gasteiger partial charge in [0.1, 0.15) is 5.57 Å². The molecule has 0 fully saturated rings. The molecule has 0 radical (unpaired) electrons. The normalized spacial score (nSPS) is 23.9. The van der Waals surface area contributed by atoms with Gasteiger partial charge in [-0.2, -0.15) is 0 Å². The smallest absolute Gasteiger partial charge is 0.340 e. The van der Waals surface area contributed by atoms with E-state index < -0.39 is 17.7 Å². The molecule has 15 heavy (non-hydrogen) atoms. The monoisotopic (exact) mass is 267 g/mol. The second kappa shape index (κ2) is 3.58. The summed E-state index contributed by atoms with van der Waals surface area (Å²) in [6, 6.07) is 0. The molecule has 1 unspecified atom stereocenters. The van der Waals surface area contributed by atoms with Crippen LogP contribution in [0.4, 0.5) is 0 Å². The van der Waals surface area contributed by atoms with Gasteiger partial charge >= 0.3 is 5.97 Å². The fourth-order valence-corrected chi connectivity index (χ4v) is 1.82. The van der Waals surface area contributed by atoms with Crippen LogP contribution >= 0.6 is 15.9 Å². The van der Waals surface area contributed by atoms with Crippen LogP contribution in [0.3, 0.4) is 0 Å². The third kappa shape index (κ3) is 1.70. The number of fused-ring (bicyclic) bond motifs is 1. The van der Waals surface area contributed by atoms with Gasteiger partial charge in [0.15, 0.2) is 5.78 Å². The summed E-state index contributed by atoms with van der Waals surface area (Å²) in [6.07, 6.45) is 6.16. The number of hydrogen-bond acceptors (Lipinski definition) is 3. The van der Waals surface area contributed by atoms with Crippen LogP contribution in [-0.2, 0) is 9.59 Å². The summed E-state index contributed by atoms with van der Waals surface area (Å²) in [6.45, 7) is 0. The maximum Gasteiger partial charge on any atom is 0.340 e. The van der Waals surface area contributed by atoms with E-state index in [0.29, 0.717) is 5.71 Å². The molecule has 0 aromatic carbocycles. The largest absolute Gasteiger partial charge is 0.478 e. The summed E-state index contributed by atoms with van der Waals surface area (Å²) in [5, 5.41) is 8.74. The summed E-state index contributed by atoms with van der Waals surface area (Å²) >= 11 is 3.26. The highest BCUT2D eigenvalue weighted by Gasteiger charge is 2.31. The average Bonchev–Trinajstić information content (AvgIpc) is 2.17. The minimum atomic E-state index is -1.23. The lowest BCUT2D eigenvalue weighted by Gasteiger charge is -2.18. The number of ketones is 1. The molecule has 4 nitrogen and oxygen atoms in total. The number of aliphatic imine (C=N–C) groups is 1. The number of nitrogens with zero attached hydrogens (tertiary/aromatic N) is 1. The molecule has 5 heteroatoms. The molecule has 1 atom stereocenters. The van der Waals surface area contributed by atoms with Crippen LogP contribution in [0.5, 0.6) is 0 Å². The average molecular weight is 268 g/mol. The molecule has 0 aromatic rings. The number of aliphatic carboxylic acids is 1. The van der Waals surface area contributed by atoms with Crippen molar-refractivity contribution in [3.8, 4) is 0 Å². The number of halogens is 1. The van der Waals surface area contributed by atoms with Crippen LogP contribution in [0, 0.1) is 5.92 Å². The first-order chi connectivity index (χ1) is 7.09. The quantitative estimate of drug-likeness (QED) is 0.732. The number of rotatable bonds is 1. The van der Waals surface area contributed by atoms with Crippen molar-refractivity contribution in [2.24, 2.45) is 10.9 Å². The molecule has 0 saturated carbocycles. The van der Waals surface area contributed by atoms with Crippen LogP contribution < -0.4 is 0 Å². The molecule has 1 N–H and O–H groups in total. The van der Waals surface area contributed by atoms with Crippen LogP contribution in [0.2, 0.25) is 0 Å². The zero-order valence-electron chi connectivity index (χ0n) is 7.48. The molecule has 2 aliphatic rings. The van der Waals surface area contributed by atoms with Gasteiger partial charge in [-0.05, 0) is 6.08 Å². The number of carbonyl (C=O) groups is 2. The predicted octanol–water partition coefficient (Wildman–Crippen LogP) is 1.44. The van der Waals surface area contributed by atoms with E-state index in [-0.39, 0.29) is 5.57 Å². The highest BCUT2D eigenvalue weighted by Crippen LogP contribution is 2.24. The van der Waals surface area contributed by atoms with Crippen molar-refractivity contribution in [3.05, 3.63) is 34.5 Å². The number of carbonyl (C=O) groups excluding carboxylic acids is 1. The summed E-state index contributed by atoms with van der Waals surface area (Å²) in [5.41, 5.74) is 0.305. The first kappa shape index (κ1) is 10.0. The predicted molar refractivity (Wildman–Crippen MR) is 57.8 cm³/mol. The fraction of sp³-hybridized carbons (Fsp3) is 0.100. The molecule has 0 spiro atoms. The minimum absolute atomic E-state index is 0.264. The minimum Gasteiger partial charge on any atom is -0.478 e. The number of carboxylic acids is 1. The molecule has 0 bridgehead atoms. The molecule has 0 amide bonds. The topological polar surface area (TPSA) is 66.7 Å². The van der Waals surface area contributed by atoms with Gasteiger partial charge in [0, 0.05) is 10.7 Å². The van der Waals surface area contributed by atoms with Gasteiger partial charge in [0.25, 0.3) is 0 Å². The Labute approximate surface area is 93.8 Å². The molecule has 76 valence electrons. The zero-order chi connectivity index (χ0) is 11.0. The molecule has 1 heterocycles. The van der Waals surface area contributed by atoms with Crippen LogP contribution in [0.15, 0.2) is 39.5 Å². The maximum atomic E-state index is 11.7. The third-order valence-corrected chi connectivity index (χ3v) is 2.67. The van der Waals surface area contributed by atoms with Crippen molar-refractivity contribution in [1.29, 1.82) is 0 Å². The lowest BCUT2D eigenvalue weighted by Crippen LogP contribution is -2.29. The molecule has 1 aliphatic carbocycles. The first-order valence-corrected chi connectivity index (χ1v) is 4.99. The lowest BCUT2D eigenvalue weighted by atomic mass is 9.88. The summed E-state index contributed by atoms with van der Waals surface area (Å²) in [7, 11) is 0. The van der Waals surface area contributed by atoms with Crippen LogP contribution in [0.25, 0.3) is 0 Å². The molecule has 0 saturated heterocycles. The summed E-state index contributed by atoms with van der Waals surface area (Å²) in [5.74, 6) is -2.20. The Morgan fingerprint density at radius 3 is 2.93 bits per heavy atom. The first-order valence-electron chi connectivity index (χ1n) is 4.20. The van der Waals surface area contributed by atoms with E-state index in [1.807, 2.05) is 0 Å². The molecule has 1 aliphatic heterocycles. The Morgan fingerprint density at radius 2 is 2.27 bits per heavy atom. The Balaban J connectivity index is 2.45. The van der Waals surface area contributed by atoms with Gasteiger partial charge in [-0.3, -0.25) is 9.79 Å². The van der Waals surface area contributed by atoms with Crippen LogP contribution in [0.1, 0.15) is 0 Å². The lowest BCUT2D eigenvalue weighted by molar-refractivity contribution is -0.134. The van der Waals surface area contributed by atoms with Gasteiger partial charge in [0.05, 0.1) is 11.6 Å².